The number of aromatic nitrogens is 1. The average molecular weight is 364 g/mol. The SMILES string of the molecule is CCN(CC)C(=O)c1ccc(N=C(C)c2c(O)[nH]c3ccc(N)cc23)cc1. The Morgan fingerprint density at radius 1 is 1.15 bits per heavy atom. The summed E-state index contributed by atoms with van der Waals surface area (Å²) in [6, 6.07) is 12.6. The number of carbonyl (C=O) groups is 1. The molecule has 0 saturated carbocycles. The Morgan fingerprint density at radius 3 is 2.44 bits per heavy atom. The van der Waals surface area contributed by atoms with E-state index in [2.05, 4.69) is 9.98 Å². The van der Waals surface area contributed by atoms with Crippen molar-refractivity contribution in [1.29, 1.82) is 0 Å². The highest BCUT2D eigenvalue weighted by molar-refractivity contribution is 6.13. The summed E-state index contributed by atoms with van der Waals surface area (Å²) >= 11 is 0. The Labute approximate surface area is 158 Å². The number of hydrogen-bond donors (Lipinski definition) is 3. The number of nitrogens with one attached hydrogen (secondary N) is 1. The second-order valence-corrected chi connectivity index (χ2v) is 6.38. The molecule has 2 aromatic carbocycles. The number of hydrogen-bond acceptors (Lipinski definition) is 4. The van der Waals surface area contributed by atoms with E-state index in [1.165, 1.54) is 0 Å². The zero-order valence-corrected chi connectivity index (χ0v) is 15.8. The Morgan fingerprint density at radius 2 is 1.81 bits per heavy atom. The van der Waals surface area contributed by atoms with Gasteiger partial charge in [-0.05, 0) is 63.2 Å². The third-order valence-electron chi connectivity index (χ3n) is 4.63. The molecule has 0 fully saturated rings. The topological polar surface area (TPSA) is 94.7 Å². The van der Waals surface area contributed by atoms with Gasteiger partial charge >= 0.3 is 0 Å². The first-order chi connectivity index (χ1) is 12.9. The van der Waals surface area contributed by atoms with Gasteiger partial charge in [0.25, 0.3) is 5.91 Å². The van der Waals surface area contributed by atoms with Crippen LogP contribution in [0.5, 0.6) is 5.88 Å². The normalized spacial score (nSPS) is 11.7. The average Bonchev–Trinajstić information content (AvgIpc) is 2.98. The van der Waals surface area contributed by atoms with E-state index >= 15 is 0 Å². The van der Waals surface area contributed by atoms with Crippen molar-refractivity contribution in [1.82, 2.24) is 9.88 Å². The summed E-state index contributed by atoms with van der Waals surface area (Å²) in [4.78, 5) is 21.7. The number of nitrogens with two attached hydrogens (primary N) is 1. The van der Waals surface area contributed by atoms with Gasteiger partial charge in [-0.3, -0.25) is 9.79 Å². The molecule has 0 saturated heterocycles. The summed E-state index contributed by atoms with van der Waals surface area (Å²) in [6.07, 6.45) is 0. The monoisotopic (exact) mass is 364 g/mol. The number of fused-ring (bicyclic) bond motifs is 1. The quantitative estimate of drug-likeness (QED) is 0.470. The lowest BCUT2D eigenvalue weighted by molar-refractivity contribution is 0.0773. The van der Waals surface area contributed by atoms with Crippen molar-refractivity contribution < 1.29 is 9.90 Å². The van der Waals surface area contributed by atoms with Crippen LogP contribution in [0.1, 0.15) is 36.7 Å². The summed E-state index contributed by atoms with van der Waals surface area (Å²) in [6.45, 7) is 7.11. The lowest BCUT2D eigenvalue weighted by Crippen LogP contribution is -2.30. The second-order valence-electron chi connectivity index (χ2n) is 6.38. The number of amides is 1. The molecular weight excluding hydrogens is 340 g/mol. The van der Waals surface area contributed by atoms with Crippen molar-refractivity contribution in [2.24, 2.45) is 4.99 Å². The Hall–Kier alpha value is -3.28. The Bertz CT molecular complexity index is 999. The van der Waals surface area contributed by atoms with Crippen LogP contribution in [0.2, 0.25) is 0 Å². The van der Waals surface area contributed by atoms with E-state index in [9.17, 15) is 9.90 Å². The highest BCUT2D eigenvalue weighted by Gasteiger charge is 2.15. The number of aromatic amines is 1. The summed E-state index contributed by atoms with van der Waals surface area (Å²) in [5, 5.41) is 11.1. The van der Waals surface area contributed by atoms with Crippen molar-refractivity contribution in [3.05, 3.63) is 53.6 Å². The molecule has 1 aromatic heterocycles. The molecule has 0 unspecified atom stereocenters. The molecule has 0 aliphatic rings. The summed E-state index contributed by atoms with van der Waals surface area (Å²) < 4.78 is 0. The van der Waals surface area contributed by atoms with E-state index in [0.717, 1.165) is 10.9 Å². The van der Waals surface area contributed by atoms with Crippen LogP contribution in [0.3, 0.4) is 0 Å². The first kappa shape index (κ1) is 18.5. The molecule has 0 aliphatic heterocycles. The van der Waals surface area contributed by atoms with Gasteiger partial charge in [0.1, 0.15) is 0 Å². The zero-order chi connectivity index (χ0) is 19.6. The minimum absolute atomic E-state index is 0.0111. The van der Waals surface area contributed by atoms with Crippen LogP contribution in [-0.4, -0.2) is 39.7 Å². The fraction of sp³-hybridized carbons (Fsp3) is 0.238. The number of aliphatic imine (C=N–C) groups is 1. The molecule has 3 aromatic rings. The van der Waals surface area contributed by atoms with E-state index < -0.39 is 0 Å². The Balaban J connectivity index is 1.92. The molecule has 3 rings (SSSR count). The minimum atomic E-state index is 0.0111. The molecule has 27 heavy (non-hydrogen) atoms. The third kappa shape index (κ3) is 3.65. The second kappa shape index (κ2) is 7.53. The van der Waals surface area contributed by atoms with Gasteiger partial charge in [-0.15, -0.1) is 0 Å². The smallest absolute Gasteiger partial charge is 0.253 e. The molecule has 1 amide bonds. The number of benzene rings is 2. The van der Waals surface area contributed by atoms with E-state index in [0.29, 0.717) is 41.3 Å². The van der Waals surface area contributed by atoms with Crippen molar-refractivity contribution in [2.75, 3.05) is 18.8 Å². The zero-order valence-electron chi connectivity index (χ0n) is 15.8. The number of H-pyrrole nitrogens is 1. The van der Waals surface area contributed by atoms with Gasteiger partial charge < -0.3 is 20.7 Å². The molecule has 4 N–H and O–H groups in total. The standard InChI is InChI=1S/C21H24N4O2/c1-4-25(5-2)21(27)14-6-9-16(10-7-14)23-13(3)19-17-12-15(22)8-11-18(17)24-20(19)26/h6-12,24,26H,4-5,22H2,1-3H3. The highest BCUT2D eigenvalue weighted by atomic mass is 16.3. The van der Waals surface area contributed by atoms with Gasteiger partial charge in [0, 0.05) is 35.2 Å². The van der Waals surface area contributed by atoms with Crippen molar-refractivity contribution in [3.8, 4) is 5.88 Å². The fourth-order valence-electron chi connectivity index (χ4n) is 3.18. The summed E-state index contributed by atoms with van der Waals surface area (Å²) in [7, 11) is 0. The molecule has 0 aliphatic carbocycles. The third-order valence-corrected chi connectivity index (χ3v) is 4.63. The van der Waals surface area contributed by atoms with Crippen molar-refractivity contribution in [3.63, 3.8) is 0 Å². The molecule has 0 bridgehead atoms. The van der Waals surface area contributed by atoms with Crippen LogP contribution in [0, 0.1) is 0 Å². The number of nitrogens with zero attached hydrogens (tertiary/aromatic N) is 2. The maximum Gasteiger partial charge on any atom is 0.253 e. The number of anilines is 1. The number of aromatic hydroxyl groups is 1. The Kier molecular flexibility index (Phi) is 5.16. The fourth-order valence-corrected chi connectivity index (χ4v) is 3.18. The van der Waals surface area contributed by atoms with Crippen molar-refractivity contribution in [2.45, 2.75) is 20.8 Å². The van der Waals surface area contributed by atoms with Crippen molar-refractivity contribution >= 4 is 33.9 Å². The maximum absolute atomic E-state index is 12.4. The van der Waals surface area contributed by atoms with Gasteiger partial charge in [-0.25, -0.2) is 0 Å². The minimum Gasteiger partial charge on any atom is -0.494 e. The van der Waals surface area contributed by atoms with Crippen LogP contribution < -0.4 is 5.73 Å². The molecule has 0 spiro atoms. The van der Waals surface area contributed by atoms with E-state index in [1.54, 1.807) is 35.2 Å². The van der Waals surface area contributed by atoms with Gasteiger partial charge in [-0.2, -0.15) is 0 Å². The van der Waals surface area contributed by atoms with E-state index in [4.69, 9.17) is 5.73 Å². The van der Waals surface area contributed by atoms with Gasteiger partial charge in [0.15, 0.2) is 5.88 Å². The maximum atomic E-state index is 12.4. The lowest BCUT2D eigenvalue weighted by atomic mass is 10.1. The van der Waals surface area contributed by atoms with E-state index in [1.807, 2.05) is 32.9 Å². The highest BCUT2D eigenvalue weighted by Crippen LogP contribution is 2.30. The summed E-state index contributed by atoms with van der Waals surface area (Å²) in [5.74, 6) is 0.0715. The molecule has 6 heteroatoms. The molecule has 1 heterocycles. The number of carbonyl (C=O) groups excluding carboxylic acids is 1. The van der Waals surface area contributed by atoms with Crippen LogP contribution in [0.15, 0.2) is 47.5 Å². The first-order valence-corrected chi connectivity index (χ1v) is 8.99. The molecule has 140 valence electrons. The summed E-state index contributed by atoms with van der Waals surface area (Å²) in [5.41, 5.74) is 9.93. The number of rotatable bonds is 5. The molecule has 6 nitrogen and oxygen atoms in total. The van der Waals surface area contributed by atoms with Crippen LogP contribution >= 0.6 is 0 Å². The number of nitrogen functional groups attached to an aromatic ring is 1. The van der Waals surface area contributed by atoms with Gasteiger partial charge in [0.05, 0.1) is 17.0 Å². The van der Waals surface area contributed by atoms with E-state index in [-0.39, 0.29) is 11.8 Å². The molecule has 0 radical (unpaired) electrons. The predicted molar refractivity (Wildman–Crippen MR) is 110 cm³/mol. The van der Waals surface area contributed by atoms with Crippen LogP contribution in [0.4, 0.5) is 11.4 Å². The van der Waals surface area contributed by atoms with Crippen LogP contribution in [0.25, 0.3) is 10.9 Å². The molecular formula is C21H24N4O2. The first-order valence-electron chi connectivity index (χ1n) is 8.99. The molecule has 0 atom stereocenters. The van der Waals surface area contributed by atoms with Gasteiger partial charge in [-0.1, -0.05) is 0 Å². The largest absolute Gasteiger partial charge is 0.494 e. The predicted octanol–water partition coefficient (Wildman–Crippen LogP) is 4.08. The van der Waals surface area contributed by atoms with Gasteiger partial charge in [0.2, 0.25) is 0 Å². The van der Waals surface area contributed by atoms with Crippen LogP contribution in [-0.2, 0) is 0 Å². The lowest BCUT2D eigenvalue weighted by Gasteiger charge is -2.18.